The van der Waals surface area contributed by atoms with Crippen LogP contribution >= 0.6 is 24.0 Å². The van der Waals surface area contributed by atoms with Crippen LogP contribution in [0.5, 0.6) is 0 Å². The van der Waals surface area contributed by atoms with Gasteiger partial charge in [-0.05, 0) is 37.7 Å². The third-order valence-electron chi connectivity index (χ3n) is 4.55. The molecule has 1 heterocycles. The normalized spacial score (nSPS) is 16.7. The van der Waals surface area contributed by atoms with Gasteiger partial charge in [0.1, 0.15) is 0 Å². The van der Waals surface area contributed by atoms with E-state index in [9.17, 15) is 0 Å². The molecule has 1 unspecified atom stereocenters. The number of rotatable bonds is 8. The molecule has 1 saturated heterocycles. The highest BCUT2D eigenvalue weighted by molar-refractivity contribution is 14.0. The van der Waals surface area contributed by atoms with Gasteiger partial charge in [0.15, 0.2) is 5.96 Å². The molecule has 26 heavy (non-hydrogen) atoms. The number of hydrogen-bond donors (Lipinski definition) is 2. The molecule has 1 fully saturated rings. The zero-order valence-corrected chi connectivity index (χ0v) is 18.6. The Kier molecular flexibility index (Phi) is 11.9. The topological polar surface area (TPSA) is 54.9 Å². The van der Waals surface area contributed by atoms with E-state index in [1.54, 1.807) is 0 Å². The minimum atomic E-state index is 0. The summed E-state index contributed by atoms with van der Waals surface area (Å²) in [7, 11) is 1.81. The van der Waals surface area contributed by atoms with Gasteiger partial charge in [0.2, 0.25) is 0 Å². The minimum Gasteiger partial charge on any atom is -0.381 e. The van der Waals surface area contributed by atoms with Crippen LogP contribution in [-0.2, 0) is 9.47 Å². The van der Waals surface area contributed by atoms with Crippen molar-refractivity contribution in [3.05, 3.63) is 35.4 Å². The molecular formula is C20H34IN3O2. The van der Waals surface area contributed by atoms with Crippen molar-refractivity contribution in [2.24, 2.45) is 4.99 Å². The largest absolute Gasteiger partial charge is 0.381 e. The summed E-state index contributed by atoms with van der Waals surface area (Å²) in [6.07, 6.45) is 3.40. The van der Waals surface area contributed by atoms with Crippen molar-refractivity contribution in [3.8, 4) is 0 Å². The fraction of sp³-hybridized carbons (Fsp3) is 0.650. The van der Waals surface area contributed by atoms with Gasteiger partial charge < -0.3 is 20.1 Å². The van der Waals surface area contributed by atoms with Crippen LogP contribution in [0.1, 0.15) is 43.2 Å². The molecular weight excluding hydrogens is 441 g/mol. The first-order valence-corrected chi connectivity index (χ1v) is 9.39. The zero-order valence-electron chi connectivity index (χ0n) is 16.3. The molecule has 1 aliphatic heterocycles. The quantitative estimate of drug-likeness (QED) is 0.262. The summed E-state index contributed by atoms with van der Waals surface area (Å²) in [4.78, 5) is 4.30. The van der Waals surface area contributed by atoms with Gasteiger partial charge in [0.05, 0.1) is 6.10 Å². The summed E-state index contributed by atoms with van der Waals surface area (Å²) < 4.78 is 11.2. The smallest absolute Gasteiger partial charge is 0.190 e. The maximum absolute atomic E-state index is 5.89. The molecule has 2 rings (SSSR count). The number of nitrogens with one attached hydrogen (secondary N) is 2. The highest BCUT2D eigenvalue weighted by Crippen LogP contribution is 2.15. The fourth-order valence-electron chi connectivity index (χ4n) is 2.94. The highest BCUT2D eigenvalue weighted by Gasteiger charge is 2.13. The van der Waals surface area contributed by atoms with Crippen molar-refractivity contribution in [1.82, 2.24) is 10.6 Å². The lowest BCUT2D eigenvalue weighted by Crippen LogP contribution is -2.39. The lowest BCUT2D eigenvalue weighted by Gasteiger charge is -2.22. The van der Waals surface area contributed by atoms with E-state index in [1.807, 2.05) is 7.05 Å². The van der Waals surface area contributed by atoms with Gasteiger partial charge >= 0.3 is 0 Å². The zero-order chi connectivity index (χ0) is 17.9. The molecule has 5 nitrogen and oxygen atoms in total. The van der Waals surface area contributed by atoms with Crippen LogP contribution in [0.2, 0.25) is 0 Å². The van der Waals surface area contributed by atoms with Crippen LogP contribution in [-0.4, -0.2) is 52.0 Å². The van der Waals surface area contributed by atoms with Crippen molar-refractivity contribution >= 4 is 29.9 Å². The number of hydrogen-bond acceptors (Lipinski definition) is 3. The Morgan fingerprint density at radius 2 is 2.08 bits per heavy atom. The van der Waals surface area contributed by atoms with Crippen molar-refractivity contribution < 1.29 is 9.47 Å². The standard InChI is InChI=1S/C20H33N3O2.HI/c1-16-6-4-7-18(14-16)17(2)15-23-20(21-3)22-10-5-11-25-19-8-12-24-13-9-19;/h4,6-7,14,17,19H,5,8-13,15H2,1-3H3,(H2,21,22,23);1H. The minimum absolute atomic E-state index is 0. The summed E-state index contributed by atoms with van der Waals surface area (Å²) in [6, 6.07) is 8.68. The number of aryl methyl sites for hydroxylation is 1. The van der Waals surface area contributed by atoms with E-state index < -0.39 is 0 Å². The molecule has 0 amide bonds. The summed E-state index contributed by atoms with van der Waals surface area (Å²) in [6.45, 7) is 8.54. The van der Waals surface area contributed by atoms with E-state index in [0.29, 0.717) is 12.0 Å². The molecule has 1 aromatic rings. The van der Waals surface area contributed by atoms with E-state index in [4.69, 9.17) is 9.47 Å². The average Bonchev–Trinajstić information content (AvgIpc) is 2.64. The Morgan fingerprint density at radius 1 is 1.31 bits per heavy atom. The van der Waals surface area contributed by atoms with E-state index >= 15 is 0 Å². The SMILES string of the molecule is CN=C(NCCCOC1CCOCC1)NCC(C)c1cccc(C)c1.I. The Bertz CT molecular complexity index is 534. The van der Waals surface area contributed by atoms with Crippen LogP contribution in [0.25, 0.3) is 0 Å². The Balaban J connectivity index is 0.00000338. The van der Waals surface area contributed by atoms with E-state index in [1.165, 1.54) is 11.1 Å². The molecule has 0 aliphatic carbocycles. The predicted octanol–water partition coefficient (Wildman–Crippen LogP) is 3.47. The van der Waals surface area contributed by atoms with E-state index in [2.05, 4.69) is 53.7 Å². The van der Waals surface area contributed by atoms with Gasteiger partial charge in [0.25, 0.3) is 0 Å². The van der Waals surface area contributed by atoms with Crippen LogP contribution in [0.4, 0.5) is 0 Å². The average molecular weight is 475 g/mol. The first-order chi connectivity index (χ1) is 12.2. The van der Waals surface area contributed by atoms with Crippen LogP contribution in [0, 0.1) is 6.92 Å². The molecule has 0 aromatic heterocycles. The van der Waals surface area contributed by atoms with Gasteiger partial charge in [-0.1, -0.05) is 36.8 Å². The lowest BCUT2D eigenvalue weighted by atomic mass is 9.99. The van der Waals surface area contributed by atoms with E-state index in [-0.39, 0.29) is 24.0 Å². The number of ether oxygens (including phenoxy) is 2. The number of benzene rings is 1. The monoisotopic (exact) mass is 475 g/mol. The first kappa shape index (κ1) is 23.2. The fourth-order valence-corrected chi connectivity index (χ4v) is 2.94. The molecule has 0 saturated carbocycles. The summed E-state index contributed by atoms with van der Waals surface area (Å²) >= 11 is 0. The first-order valence-electron chi connectivity index (χ1n) is 9.39. The molecule has 1 atom stereocenters. The van der Waals surface area contributed by atoms with Crippen molar-refractivity contribution in [2.75, 3.05) is 40.0 Å². The van der Waals surface area contributed by atoms with Crippen LogP contribution in [0.3, 0.4) is 0 Å². The van der Waals surface area contributed by atoms with Gasteiger partial charge in [-0.2, -0.15) is 0 Å². The maximum Gasteiger partial charge on any atom is 0.190 e. The summed E-state index contributed by atoms with van der Waals surface area (Å²) in [5.74, 6) is 1.29. The van der Waals surface area contributed by atoms with Gasteiger partial charge in [-0.3, -0.25) is 4.99 Å². The van der Waals surface area contributed by atoms with Gasteiger partial charge in [-0.25, -0.2) is 0 Å². The van der Waals surface area contributed by atoms with Crippen molar-refractivity contribution in [2.45, 2.75) is 45.1 Å². The molecule has 0 spiro atoms. The second-order valence-electron chi connectivity index (χ2n) is 6.73. The Morgan fingerprint density at radius 3 is 2.77 bits per heavy atom. The molecule has 2 N–H and O–H groups in total. The van der Waals surface area contributed by atoms with Gasteiger partial charge in [-0.15, -0.1) is 24.0 Å². The molecule has 1 aliphatic rings. The third-order valence-corrected chi connectivity index (χ3v) is 4.55. The van der Waals surface area contributed by atoms with Crippen molar-refractivity contribution in [3.63, 3.8) is 0 Å². The second kappa shape index (κ2) is 13.3. The Labute approximate surface area is 175 Å². The predicted molar refractivity (Wildman–Crippen MR) is 119 cm³/mol. The van der Waals surface area contributed by atoms with E-state index in [0.717, 1.165) is 58.1 Å². The van der Waals surface area contributed by atoms with Crippen molar-refractivity contribution in [1.29, 1.82) is 0 Å². The third kappa shape index (κ3) is 8.68. The number of nitrogens with zero attached hydrogens (tertiary/aromatic N) is 1. The number of aliphatic imine (C=N–C) groups is 1. The maximum atomic E-state index is 5.89. The van der Waals surface area contributed by atoms with Crippen LogP contribution in [0.15, 0.2) is 29.3 Å². The molecule has 0 radical (unpaired) electrons. The molecule has 0 bridgehead atoms. The van der Waals surface area contributed by atoms with Gasteiger partial charge in [0, 0.05) is 40.0 Å². The number of halogens is 1. The lowest BCUT2D eigenvalue weighted by molar-refractivity contribution is -0.0320. The molecule has 1 aromatic carbocycles. The highest BCUT2D eigenvalue weighted by atomic mass is 127. The summed E-state index contributed by atoms with van der Waals surface area (Å²) in [5.41, 5.74) is 2.66. The van der Waals surface area contributed by atoms with Crippen LogP contribution < -0.4 is 10.6 Å². The Hall–Kier alpha value is -0.860. The summed E-state index contributed by atoms with van der Waals surface area (Å²) in [5, 5.41) is 6.77. The number of guanidine groups is 1. The second-order valence-corrected chi connectivity index (χ2v) is 6.73. The molecule has 148 valence electrons. The molecule has 6 heteroatoms.